The maximum atomic E-state index is 11.0. The molecule has 1 aromatic rings. The number of carboxylic acid groups (broad SMARTS) is 1. The van der Waals surface area contributed by atoms with Gasteiger partial charge in [0, 0.05) is 18.3 Å². The summed E-state index contributed by atoms with van der Waals surface area (Å²) in [5.74, 6) is 1.49. The van der Waals surface area contributed by atoms with Crippen LogP contribution in [0.5, 0.6) is 0 Å². The lowest BCUT2D eigenvalue weighted by molar-refractivity contribution is 0.0695. The molecule has 4 heteroatoms. The molecule has 1 saturated heterocycles. The molecule has 0 aromatic heterocycles. The number of carboxylic acids is 1. The van der Waals surface area contributed by atoms with E-state index in [1.807, 2.05) is 23.9 Å². The normalized spacial score (nSPS) is 19.9. The largest absolute Gasteiger partial charge is 0.478 e. The van der Waals surface area contributed by atoms with Gasteiger partial charge >= 0.3 is 5.97 Å². The van der Waals surface area contributed by atoms with Crippen molar-refractivity contribution < 1.29 is 9.90 Å². The van der Waals surface area contributed by atoms with E-state index in [1.165, 1.54) is 12.2 Å². The molecular weight excluding hydrogens is 222 g/mol. The summed E-state index contributed by atoms with van der Waals surface area (Å²) in [6.07, 6.45) is 1.18. The van der Waals surface area contributed by atoms with Crippen molar-refractivity contribution in [1.29, 1.82) is 0 Å². The molecule has 0 amide bonds. The molecule has 86 valence electrons. The number of rotatable bonds is 4. The van der Waals surface area contributed by atoms with Gasteiger partial charge in [0.2, 0.25) is 0 Å². The monoisotopic (exact) mass is 237 g/mol. The molecule has 1 unspecified atom stereocenters. The topological polar surface area (TPSA) is 49.3 Å². The van der Waals surface area contributed by atoms with Crippen LogP contribution in [0.1, 0.15) is 22.3 Å². The third kappa shape index (κ3) is 2.77. The van der Waals surface area contributed by atoms with E-state index in [9.17, 15) is 4.79 Å². The van der Waals surface area contributed by atoms with Gasteiger partial charge in [-0.25, -0.2) is 4.79 Å². The SMILES string of the molecule is O=C(O)c1ccccc1CNC1CCSC1. The van der Waals surface area contributed by atoms with E-state index in [4.69, 9.17) is 5.11 Å². The quantitative estimate of drug-likeness (QED) is 0.840. The predicted molar refractivity (Wildman–Crippen MR) is 66.0 cm³/mol. The Bertz CT molecular complexity index is 375. The second-order valence-corrected chi connectivity index (χ2v) is 5.05. The predicted octanol–water partition coefficient (Wildman–Crippen LogP) is 1.98. The number of benzene rings is 1. The van der Waals surface area contributed by atoms with Crippen LogP contribution in [0.15, 0.2) is 24.3 Å². The van der Waals surface area contributed by atoms with Crippen LogP contribution in [-0.2, 0) is 6.54 Å². The van der Waals surface area contributed by atoms with E-state index >= 15 is 0 Å². The molecule has 1 fully saturated rings. The van der Waals surface area contributed by atoms with Crippen molar-refractivity contribution in [3.8, 4) is 0 Å². The molecule has 1 heterocycles. The molecule has 1 atom stereocenters. The molecule has 16 heavy (non-hydrogen) atoms. The van der Waals surface area contributed by atoms with Crippen LogP contribution in [-0.4, -0.2) is 28.6 Å². The first-order valence-electron chi connectivity index (χ1n) is 5.39. The Morgan fingerprint density at radius 2 is 2.31 bits per heavy atom. The molecule has 2 rings (SSSR count). The van der Waals surface area contributed by atoms with Crippen molar-refractivity contribution in [3.63, 3.8) is 0 Å². The highest BCUT2D eigenvalue weighted by Crippen LogP contribution is 2.18. The average Bonchev–Trinajstić information content (AvgIpc) is 2.79. The van der Waals surface area contributed by atoms with Gasteiger partial charge in [-0.05, 0) is 23.8 Å². The number of nitrogens with one attached hydrogen (secondary N) is 1. The van der Waals surface area contributed by atoms with E-state index in [1.54, 1.807) is 12.1 Å². The second kappa shape index (κ2) is 5.37. The molecule has 0 saturated carbocycles. The van der Waals surface area contributed by atoms with Crippen LogP contribution >= 0.6 is 11.8 Å². The number of hydrogen-bond acceptors (Lipinski definition) is 3. The van der Waals surface area contributed by atoms with Gasteiger partial charge in [-0.15, -0.1) is 0 Å². The second-order valence-electron chi connectivity index (χ2n) is 3.90. The highest BCUT2D eigenvalue weighted by molar-refractivity contribution is 7.99. The van der Waals surface area contributed by atoms with Gasteiger partial charge in [-0.2, -0.15) is 11.8 Å². The van der Waals surface area contributed by atoms with Crippen molar-refractivity contribution in [2.24, 2.45) is 0 Å². The lowest BCUT2D eigenvalue weighted by Gasteiger charge is -2.12. The Labute approximate surface area is 99.2 Å². The summed E-state index contributed by atoms with van der Waals surface area (Å²) in [6, 6.07) is 7.71. The highest BCUT2D eigenvalue weighted by Gasteiger charge is 2.15. The molecule has 0 spiro atoms. The fraction of sp³-hybridized carbons (Fsp3) is 0.417. The van der Waals surface area contributed by atoms with Crippen molar-refractivity contribution in [2.75, 3.05) is 11.5 Å². The number of thioether (sulfide) groups is 1. The third-order valence-corrected chi connectivity index (χ3v) is 3.92. The van der Waals surface area contributed by atoms with Crippen LogP contribution in [0, 0.1) is 0 Å². The van der Waals surface area contributed by atoms with Gasteiger partial charge in [0.1, 0.15) is 0 Å². The zero-order chi connectivity index (χ0) is 11.4. The number of hydrogen-bond donors (Lipinski definition) is 2. The summed E-state index contributed by atoms with van der Waals surface area (Å²) >= 11 is 1.95. The Morgan fingerprint density at radius 3 is 3.00 bits per heavy atom. The summed E-state index contributed by atoms with van der Waals surface area (Å²) in [4.78, 5) is 11.0. The summed E-state index contributed by atoms with van der Waals surface area (Å²) in [5, 5.41) is 12.4. The molecule has 1 aromatic carbocycles. The van der Waals surface area contributed by atoms with Gasteiger partial charge in [0.05, 0.1) is 5.56 Å². The van der Waals surface area contributed by atoms with Crippen LogP contribution in [0.3, 0.4) is 0 Å². The smallest absolute Gasteiger partial charge is 0.336 e. The van der Waals surface area contributed by atoms with Crippen LogP contribution in [0.25, 0.3) is 0 Å². The molecule has 0 radical (unpaired) electrons. The molecule has 3 nitrogen and oxygen atoms in total. The molecular formula is C12H15NO2S. The average molecular weight is 237 g/mol. The van der Waals surface area contributed by atoms with Gasteiger partial charge in [-0.3, -0.25) is 0 Å². The Balaban J connectivity index is 2.00. The molecule has 1 aliphatic rings. The van der Waals surface area contributed by atoms with Crippen LogP contribution in [0.4, 0.5) is 0 Å². The highest BCUT2D eigenvalue weighted by atomic mass is 32.2. The first kappa shape index (κ1) is 11.5. The van der Waals surface area contributed by atoms with E-state index < -0.39 is 5.97 Å². The van der Waals surface area contributed by atoms with E-state index in [-0.39, 0.29) is 0 Å². The van der Waals surface area contributed by atoms with Crippen molar-refractivity contribution >= 4 is 17.7 Å². The lowest BCUT2D eigenvalue weighted by atomic mass is 10.1. The molecule has 0 aliphatic carbocycles. The van der Waals surface area contributed by atoms with E-state index in [0.717, 1.165) is 11.3 Å². The zero-order valence-electron chi connectivity index (χ0n) is 8.98. The minimum Gasteiger partial charge on any atom is -0.478 e. The van der Waals surface area contributed by atoms with Gasteiger partial charge in [0.25, 0.3) is 0 Å². The van der Waals surface area contributed by atoms with Gasteiger partial charge in [-0.1, -0.05) is 18.2 Å². The molecule has 2 N–H and O–H groups in total. The van der Waals surface area contributed by atoms with Crippen LogP contribution in [0.2, 0.25) is 0 Å². The number of aromatic carboxylic acids is 1. The van der Waals surface area contributed by atoms with Crippen molar-refractivity contribution in [2.45, 2.75) is 19.0 Å². The summed E-state index contributed by atoms with van der Waals surface area (Å²) in [5.41, 5.74) is 1.27. The van der Waals surface area contributed by atoms with Gasteiger partial charge < -0.3 is 10.4 Å². The minimum absolute atomic E-state index is 0.403. The summed E-state index contributed by atoms with van der Waals surface area (Å²) in [6.45, 7) is 0.647. The zero-order valence-corrected chi connectivity index (χ0v) is 9.80. The van der Waals surface area contributed by atoms with E-state index in [2.05, 4.69) is 5.32 Å². The Morgan fingerprint density at radius 1 is 1.50 bits per heavy atom. The standard InChI is InChI=1S/C12H15NO2S/c14-12(15)11-4-2-1-3-9(11)7-13-10-5-6-16-8-10/h1-4,10,13H,5-8H2,(H,14,15). The third-order valence-electron chi connectivity index (χ3n) is 2.76. The maximum absolute atomic E-state index is 11.0. The molecule has 0 bridgehead atoms. The Hall–Kier alpha value is -1.00. The van der Waals surface area contributed by atoms with Crippen LogP contribution < -0.4 is 5.32 Å². The van der Waals surface area contributed by atoms with Crippen molar-refractivity contribution in [1.82, 2.24) is 5.32 Å². The maximum Gasteiger partial charge on any atom is 0.336 e. The fourth-order valence-electron chi connectivity index (χ4n) is 1.83. The first-order valence-corrected chi connectivity index (χ1v) is 6.55. The minimum atomic E-state index is -0.849. The van der Waals surface area contributed by atoms with Gasteiger partial charge in [0.15, 0.2) is 0 Å². The summed E-state index contributed by atoms with van der Waals surface area (Å²) in [7, 11) is 0. The fourth-order valence-corrected chi connectivity index (χ4v) is 3.02. The molecule has 1 aliphatic heterocycles. The Kier molecular flexibility index (Phi) is 3.85. The van der Waals surface area contributed by atoms with Crippen molar-refractivity contribution in [3.05, 3.63) is 35.4 Å². The summed E-state index contributed by atoms with van der Waals surface area (Å²) < 4.78 is 0. The number of carbonyl (C=O) groups is 1. The first-order chi connectivity index (χ1) is 7.77. The lowest BCUT2D eigenvalue weighted by Crippen LogP contribution is -2.28. The van der Waals surface area contributed by atoms with E-state index in [0.29, 0.717) is 18.2 Å².